The zero-order valence-corrected chi connectivity index (χ0v) is 11.9. The Morgan fingerprint density at radius 3 is 2.71 bits per heavy atom. The summed E-state index contributed by atoms with van der Waals surface area (Å²) in [6.07, 6.45) is 0. The van der Waals surface area contributed by atoms with Crippen molar-refractivity contribution in [3.05, 3.63) is 28.8 Å². The van der Waals surface area contributed by atoms with Crippen molar-refractivity contribution in [2.75, 3.05) is 18.6 Å². The van der Waals surface area contributed by atoms with Gasteiger partial charge in [-0.3, -0.25) is 4.79 Å². The van der Waals surface area contributed by atoms with Crippen LogP contribution in [0.25, 0.3) is 0 Å². The van der Waals surface area contributed by atoms with Gasteiger partial charge in [0.1, 0.15) is 5.75 Å². The molecular weight excluding hydrogens is 256 g/mol. The fourth-order valence-corrected chi connectivity index (χ4v) is 2.51. The predicted octanol–water partition coefficient (Wildman–Crippen LogP) is 3.92. The summed E-state index contributed by atoms with van der Waals surface area (Å²) in [7, 11) is 1.56. The number of ether oxygens (including phenoxy) is 1. The largest absolute Gasteiger partial charge is 0.495 e. The second-order valence-corrected chi connectivity index (χ2v) is 5.62. The van der Waals surface area contributed by atoms with Crippen molar-refractivity contribution in [3.8, 4) is 5.75 Å². The van der Waals surface area contributed by atoms with E-state index in [1.807, 2.05) is 0 Å². The molecule has 0 aliphatic heterocycles. The van der Waals surface area contributed by atoms with Gasteiger partial charge in [-0.1, -0.05) is 25.4 Å². The van der Waals surface area contributed by atoms with Gasteiger partial charge < -0.3 is 4.74 Å². The lowest BCUT2D eigenvalue weighted by Gasteiger charge is -2.06. The van der Waals surface area contributed by atoms with Gasteiger partial charge in [-0.2, -0.15) is 11.8 Å². The van der Waals surface area contributed by atoms with E-state index < -0.39 is 0 Å². The van der Waals surface area contributed by atoms with Gasteiger partial charge in [-0.15, -0.1) is 0 Å². The summed E-state index contributed by atoms with van der Waals surface area (Å²) in [6.45, 7) is 4.28. The van der Waals surface area contributed by atoms with Crippen molar-refractivity contribution >= 4 is 29.1 Å². The first-order valence-corrected chi connectivity index (χ1v) is 7.02. The molecule has 0 saturated carbocycles. The maximum atomic E-state index is 11.9. The molecule has 0 aromatic heterocycles. The van der Waals surface area contributed by atoms with Crippen molar-refractivity contribution in [1.29, 1.82) is 0 Å². The number of methoxy groups -OCH3 is 1. The molecule has 0 atom stereocenters. The van der Waals surface area contributed by atoms with Crippen LogP contribution in [-0.4, -0.2) is 24.4 Å². The topological polar surface area (TPSA) is 26.3 Å². The number of benzene rings is 1. The highest BCUT2D eigenvalue weighted by Crippen LogP contribution is 2.25. The molecule has 0 radical (unpaired) electrons. The van der Waals surface area contributed by atoms with Crippen LogP contribution in [0.1, 0.15) is 24.2 Å². The first kappa shape index (κ1) is 14.4. The number of rotatable bonds is 6. The van der Waals surface area contributed by atoms with E-state index in [4.69, 9.17) is 16.3 Å². The number of halogens is 1. The zero-order valence-electron chi connectivity index (χ0n) is 10.3. The molecule has 0 amide bonds. The Morgan fingerprint density at radius 2 is 2.18 bits per heavy atom. The van der Waals surface area contributed by atoms with Gasteiger partial charge in [-0.25, -0.2) is 0 Å². The van der Waals surface area contributed by atoms with Crippen LogP contribution in [0, 0.1) is 5.92 Å². The van der Waals surface area contributed by atoms with Crippen molar-refractivity contribution in [2.45, 2.75) is 13.8 Å². The molecule has 0 fully saturated rings. The van der Waals surface area contributed by atoms with Gasteiger partial charge in [0.25, 0.3) is 0 Å². The third-order valence-electron chi connectivity index (χ3n) is 2.16. The number of hydrogen-bond acceptors (Lipinski definition) is 3. The van der Waals surface area contributed by atoms with Gasteiger partial charge in [0.15, 0.2) is 5.78 Å². The Hall–Kier alpha value is -0.670. The summed E-state index contributed by atoms with van der Waals surface area (Å²) >= 11 is 7.63. The Labute approximate surface area is 112 Å². The SMILES string of the molecule is COc1ccc(C(=O)CSCC(C)C)cc1Cl. The van der Waals surface area contributed by atoms with Crippen LogP contribution < -0.4 is 4.74 Å². The van der Waals surface area contributed by atoms with Crippen molar-refractivity contribution < 1.29 is 9.53 Å². The van der Waals surface area contributed by atoms with Crippen molar-refractivity contribution in [2.24, 2.45) is 5.92 Å². The van der Waals surface area contributed by atoms with E-state index in [9.17, 15) is 4.79 Å². The average Bonchev–Trinajstić information content (AvgIpc) is 2.28. The molecule has 0 N–H and O–H groups in total. The Kier molecular flexibility index (Phi) is 5.86. The number of carbonyl (C=O) groups is 1. The quantitative estimate of drug-likeness (QED) is 0.734. The highest BCUT2D eigenvalue weighted by Gasteiger charge is 2.09. The number of thioether (sulfide) groups is 1. The summed E-state index contributed by atoms with van der Waals surface area (Å²) < 4.78 is 5.04. The van der Waals surface area contributed by atoms with Gasteiger partial charge in [-0.05, 0) is 29.9 Å². The van der Waals surface area contributed by atoms with E-state index >= 15 is 0 Å². The molecule has 0 aliphatic carbocycles. The van der Waals surface area contributed by atoms with Gasteiger partial charge in [0.2, 0.25) is 0 Å². The summed E-state index contributed by atoms with van der Waals surface area (Å²) in [5.74, 6) is 2.81. The summed E-state index contributed by atoms with van der Waals surface area (Å²) in [5.41, 5.74) is 0.645. The zero-order chi connectivity index (χ0) is 12.8. The molecule has 1 aromatic carbocycles. The third kappa shape index (κ3) is 4.60. The molecule has 0 unspecified atom stereocenters. The Bertz CT molecular complexity index is 391. The highest BCUT2D eigenvalue weighted by atomic mass is 35.5. The van der Waals surface area contributed by atoms with Crippen LogP contribution in [0.2, 0.25) is 5.02 Å². The molecule has 0 saturated heterocycles. The van der Waals surface area contributed by atoms with Gasteiger partial charge >= 0.3 is 0 Å². The Balaban J connectivity index is 2.60. The van der Waals surface area contributed by atoms with E-state index in [2.05, 4.69) is 13.8 Å². The Morgan fingerprint density at radius 1 is 1.47 bits per heavy atom. The van der Waals surface area contributed by atoms with Gasteiger partial charge in [0, 0.05) is 5.56 Å². The molecule has 0 aliphatic rings. The van der Waals surface area contributed by atoms with E-state index in [0.717, 1.165) is 5.75 Å². The fraction of sp³-hybridized carbons (Fsp3) is 0.462. The molecular formula is C13H17ClO2S. The lowest BCUT2D eigenvalue weighted by molar-refractivity contribution is 0.102. The minimum Gasteiger partial charge on any atom is -0.495 e. The molecule has 0 heterocycles. The standard InChI is InChI=1S/C13H17ClO2S/c1-9(2)7-17-8-12(15)10-4-5-13(16-3)11(14)6-10/h4-6,9H,7-8H2,1-3H3. The van der Waals surface area contributed by atoms with Crippen molar-refractivity contribution in [3.63, 3.8) is 0 Å². The molecule has 0 bridgehead atoms. The lowest BCUT2D eigenvalue weighted by atomic mass is 10.1. The molecule has 17 heavy (non-hydrogen) atoms. The van der Waals surface area contributed by atoms with E-state index in [1.165, 1.54) is 0 Å². The maximum absolute atomic E-state index is 11.9. The van der Waals surface area contributed by atoms with E-state index in [1.54, 1.807) is 37.1 Å². The number of hydrogen-bond donors (Lipinski definition) is 0. The summed E-state index contributed by atoms with van der Waals surface area (Å²) in [6, 6.07) is 5.14. The van der Waals surface area contributed by atoms with Crippen LogP contribution in [0.15, 0.2) is 18.2 Å². The van der Waals surface area contributed by atoms with Gasteiger partial charge in [0.05, 0.1) is 17.9 Å². The summed E-state index contributed by atoms with van der Waals surface area (Å²) in [5, 5.41) is 0.479. The summed E-state index contributed by atoms with van der Waals surface area (Å²) in [4.78, 5) is 11.9. The molecule has 2 nitrogen and oxygen atoms in total. The molecule has 0 spiro atoms. The highest BCUT2D eigenvalue weighted by molar-refractivity contribution is 7.99. The predicted molar refractivity (Wildman–Crippen MR) is 74.5 cm³/mol. The second kappa shape index (κ2) is 6.92. The first-order valence-electron chi connectivity index (χ1n) is 5.49. The smallest absolute Gasteiger partial charge is 0.172 e. The number of carbonyl (C=O) groups excluding carboxylic acids is 1. The lowest BCUT2D eigenvalue weighted by Crippen LogP contribution is -2.04. The van der Waals surface area contributed by atoms with Crippen LogP contribution >= 0.6 is 23.4 Å². The van der Waals surface area contributed by atoms with Crippen LogP contribution in [0.4, 0.5) is 0 Å². The van der Waals surface area contributed by atoms with Crippen LogP contribution in [-0.2, 0) is 0 Å². The fourth-order valence-electron chi connectivity index (χ4n) is 1.31. The molecule has 94 valence electrons. The minimum absolute atomic E-state index is 0.111. The second-order valence-electron chi connectivity index (χ2n) is 4.18. The minimum atomic E-state index is 0.111. The average molecular weight is 273 g/mol. The molecule has 1 rings (SSSR count). The van der Waals surface area contributed by atoms with E-state index in [0.29, 0.717) is 28.0 Å². The molecule has 1 aromatic rings. The maximum Gasteiger partial charge on any atom is 0.172 e. The first-order chi connectivity index (χ1) is 8.04. The normalized spacial score (nSPS) is 10.6. The monoisotopic (exact) mass is 272 g/mol. The third-order valence-corrected chi connectivity index (χ3v) is 3.82. The van der Waals surface area contributed by atoms with Crippen LogP contribution in [0.5, 0.6) is 5.75 Å². The number of Topliss-reactive ketones (excluding diaryl/α,β-unsaturated/α-hetero) is 1. The molecule has 4 heteroatoms. The van der Waals surface area contributed by atoms with Crippen LogP contribution in [0.3, 0.4) is 0 Å². The van der Waals surface area contributed by atoms with Crippen molar-refractivity contribution in [1.82, 2.24) is 0 Å². The number of ketones is 1. The van der Waals surface area contributed by atoms with E-state index in [-0.39, 0.29) is 5.78 Å².